The van der Waals surface area contributed by atoms with E-state index in [1.807, 2.05) is 31.2 Å². The van der Waals surface area contributed by atoms with E-state index >= 15 is 0 Å². The van der Waals surface area contributed by atoms with Crippen molar-refractivity contribution in [3.05, 3.63) is 29.8 Å². The molecule has 1 aliphatic heterocycles. The van der Waals surface area contributed by atoms with Gasteiger partial charge in [0.2, 0.25) is 5.91 Å². The molecule has 0 saturated carbocycles. The largest absolute Gasteiger partial charge is 0.497 e. The normalized spacial score (nSPS) is 23.3. The number of morpholine rings is 1. The second kappa shape index (κ2) is 8.31. The van der Waals surface area contributed by atoms with Crippen LogP contribution in [0.5, 0.6) is 5.75 Å². The minimum Gasteiger partial charge on any atom is -0.497 e. The second-order valence-electron chi connectivity index (χ2n) is 6.28. The molecule has 0 radical (unpaired) electrons. The minimum atomic E-state index is -0.125. The number of amides is 1. The van der Waals surface area contributed by atoms with Crippen LogP contribution in [0.1, 0.15) is 26.3 Å². The van der Waals surface area contributed by atoms with Gasteiger partial charge in [-0.1, -0.05) is 12.1 Å². The van der Waals surface area contributed by atoms with Crippen molar-refractivity contribution in [2.45, 2.75) is 45.4 Å². The number of hydrogen-bond donors (Lipinski definition) is 1. The molecule has 0 aromatic heterocycles. The summed E-state index contributed by atoms with van der Waals surface area (Å²) in [4.78, 5) is 14.5. The molecular formula is C18H28N2O3. The topological polar surface area (TPSA) is 50.8 Å². The predicted octanol–water partition coefficient (Wildman–Crippen LogP) is 1.85. The van der Waals surface area contributed by atoms with E-state index < -0.39 is 0 Å². The Morgan fingerprint density at radius 2 is 1.91 bits per heavy atom. The van der Waals surface area contributed by atoms with Crippen LogP contribution in [0.25, 0.3) is 0 Å². The van der Waals surface area contributed by atoms with Crippen LogP contribution in [0.15, 0.2) is 24.3 Å². The lowest BCUT2D eigenvalue weighted by Crippen LogP contribution is -2.54. The fourth-order valence-corrected chi connectivity index (χ4v) is 2.97. The predicted molar refractivity (Wildman–Crippen MR) is 90.8 cm³/mol. The molecule has 2 rings (SSSR count). The first-order valence-electron chi connectivity index (χ1n) is 8.29. The molecule has 1 amide bonds. The zero-order valence-corrected chi connectivity index (χ0v) is 14.5. The van der Waals surface area contributed by atoms with Crippen LogP contribution >= 0.6 is 0 Å². The van der Waals surface area contributed by atoms with Crippen molar-refractivity contribution in [2.24, 2.45) is 0 Å². The van der Waals surface area contributed by atoms with Gasteiger partial charge in [0.15, 0.2) is 0 Å². The van der Waals surface area contributed by atoms with Crippen molar-refractivity contribution in [3.63, 3.8) is 0 Å². The zero-order chi connectivity index (χ0) is 16.8. The molecule has 3 atom stereocenters. The minimum absolute atomic E-state index is 0.0832. The highest BCUT2D eigenvalue weighted by molar-refractivity contribution is 5.81. The molecule has 1 N–H and O–H groups in total. The van der Waals surface area contributed by atoms with E-state index in [2.05, 4.69) is 24.1 Å². The molecule has 3 unspecified atom stereocenters. The van der Waals surface area contributed by atoms with Crippen LogP contribution in [0.4, 0.5) is 0 Å². The van der Waals surface area contributed by atoms with E-state index in [0.717, 1.165) is 25.3 Å². The fourth-order valence-electron chi connectivity index (χ4n) is 2.97. The third-order valence-corrected chi connectivity index (χ3v) is 4.25. The zero-order valence-electron chi connectivity index (χ0n) is 14.5. The van der Waals surface area contributed by atoms with Gasteiger partial charge in [-0.3, -0.25) is 9.69 Å². The summed E-state index contributed by atoms with van der Waals surface area (Å²) >= 11 is 0. The quantitative estimate of drug-likeness (QED) is 0.869. The van der Waals surface area contributed by atoms with Gasteiger partial charge >= 0.3 is 0 Å². The Kier molecular flexibility index (Phi) is 6.42. The molecule has 0 bridgehead atoms. The average molecular weight is 320 g/mol. The summed E-state index contributed by atoms with van der Waals surface area (Å²) in [6.07, 6.45) is 1.17. The average Bonchev–Trinajstić information content (AvgIpc) is 2.53. The standard InChI is InChI=1S/C18H28N2O3/c1-13-11-20(12-14(2)23-13)15(3)18(21)19-10-9-16-5-7-17(22-4)8-6-16/h5-8,13-15H,9-12H2,1-4H3,(H,19,21). The SMILES string of the molecule is COc1ccc(CCNC(=O)C(C)N2CC(C)OC(C)C2)cc1. The molecule has 5 nitrogen and oxygen atoms in total. The number of ether oxygens (including phenoxy) is 2. The van der Waals surface area contributed by atoms with Gasteiger partial charge in [-0.05, 0) is 44.9 Å². The van der Waals surface area contributed by atoms with Crippen LogP contribution < -0.4 is 10.1 Å². The van der Waals surface area contributed by atoms with E-state index in [4.69, 9.17) is 9.47 Å². The number of nitrogens with one attached hydrogen (secondary N) is 1. The number of nitrogens with zero attached hydrogens (tertiary/aromatic N) is 1. The fraction of sp³-hybridized carbons (Fsp3) is 0.611. The van der Waals surface area contributed by atoms with E-state index in [1.165, 1.54) is 5.56 Å². The van der Waals surface area contributed by atoms with Gasteiger partial charge in [0, 0.05) is 19.6 Å². The van der Waals surface area contributed by atoms with Crippen LogP contribution in [-0.2, 0) is 16.0 Å². The first-order chi connectivity index (χ1) is 11.0. The summed E-state index contributed by atoms with van der Waals surface area (Å²) in [7, 11) is 1.66. The Bertz CT molecular complexity index is 493. The van der Waals surface area contributed by atoms with E-state index in [0.29, 0.717) is 6.54 Å². The third-order valence-electron chi connectivity index (χ3n) is 4.25. The molecule has 0 aliphatic carbocycles. The highest BCUT2D eigenvalue weighted by Gasteiger charge is 2.28. The maximum absolute atomic E-state index is 12.3. The molecule has 1 aromatic carbocycles. The summed E-state index contributed by atoms with van der Waals surface area (Å²) in [5.74, 6) is 0.932. The highest BCUT2D eigenvalue weighted by Crippen LogP contribution is 2.14. The van der Waals surface area contributed by atoms with Crippen LogP contribution in [0.3, 0.4) is 0 Å². The van der Waals surface area contributed by atoms with E-state index in [9.17, 15) is 4.79 Å². The van der Waals surface area contributed by atoms with E-state index in [-0.39, 0.29) is 24.2 Å². The summed E-state index contributed by atoms with van der Waals surface area (Å²) < 4.78 is 10.9. The Hall–Kier alpha value is -1.59. The van der Waals surface area contributed by atoms with Crippen molar-refractivity contribution in [2.75, 3.05) is 26.7 Å². The first kappa shape index (κ1) is 17.8. The Balaban J connectivity index is 1.77. The van der Waals surface area contributed by atoms with Gasteiger partial charge in [0.1, 0.15) is 5.75 Å². The van der Waals surface area contributed by atoms with Crippen LogP contribution in [-0.4, -0.2) is 55.8 Å². The molecule has 1 aliphatic rings. The molecule has 1 saturated heterocycles. The molecular weight excluding hydrogens is 292 g/mol. The maximum atomic E-state index is 12.3. The lowest BCUT2D eigenvalue weighted by atomic mass is 10.1. The van der Waals surface area contributed by atoms with Gasteiger partial charge in [0.25, 0.3) is 0 Å². The highest BCUT2D eigenvalue weighted by atomic mass is 16.5. The first-order valence-corrected chi connectivity index (χ1v) is 8.29. The molecule has 5 heteroatoms. The summed E-state index contributed by atoms with van der Waals surface area (Å²) in [5, 5.41) is 3.03. The number of carbonyl (C=O) groups excluding carboxylic acids is 1. The van der Waals surface area contributed by atoms with Crippen molar-refractivity contribution < 1.29 is 14.3 Å². The molecule has 23 heavy (non-hydrogen) atoms. The van der Waals surface area contributed by atoms with Crippen molar-refractivity contribution in [1.82, 2.24) is 10.2 Å². The molecule has 128 valence electrons. The maximum Gasteiger partial charge on any atom is 0.237 e. The van der Waals surface area contributed by atoms with Gasteiger partial charge < -0.3 is 14.8 Å². The molecule has 0 spiro atoms. The van der Waals surface area contributed by atoms with Gasteiger partial charge in [-0.15, -0.1) is 0 Å². The van der Waals surface area contributed by atoms with Gasteiger partial charge in [0.05, 0.1) is 25.4 Å². The van der Waals surface area contributed by atoms with Crippen molar-refractivity contribution in [3.8, 4) is 5.75 Å². The van der Waals surface area contributed by atoms with Gasteiger partial charge in [-0.25, -0.2) is 0 Å². The number of carbonyl (C=O) groups is 1. The van der Waals surface area contributed by atoms with Crippen molar-refractivity contribution >= 4 is 5.91 Å². The number of hydrogen-bond acceptors (Lipinski definition) is 4. The Morgan fingerprint density at radius 3 is 2.48 bits per heavy atom. The Morgan fingerprint density at radius 1 is 1.30 bits per heavy atom. The van der Waals surface area contributed by atoms with Crippen LogP contribution in [0.2, 0.25) is 0 Å². The van der Waals surface area contributed by atoms with Gasteiger partial charge in [-0.2, -0.15) is 0 Å². The molecule has 1 aromatic rings. The second-order valence-corrected chi connectivity index (χ2v) is 6.28. The van der Waals surface area contributed by atoms with Crippen LogP contribution in [0, 0.1) is 0 Å². The monoisotopic (exact) mass is 320 g/mol. The van der Waals surface area contributed by atoms with Crippen molar-refractivity contribution in [1.29, 1.82) is 0 Å². The third kappa shape index (κ3) is 5.22. The lowest BCUT2D eigenvalue weighted by Gasteiger charge is -2.38. The Labute approximate surface area is 139 Å². The van der Waals surface area contributed by atoms with E-state index in [1.54, 1.807) is 7.11 Å². The summed E-state index contributed by atoms with van der Waals surface area (Å²) in [6.45, 7) is 8.32. The molecule has 1 heterocycles. The molecule has 1 fully saturated rings. The number of rotatable bonds is 6. The number of methoxy groups -OCH3 is 1. The summed E-state index contributed by atoms with van der Waals surface area (Å²) in [5.41, 5.74) is 1.19. The smallest absolute Gasteiger partial charge is 0.237 e. The summed E-state index contributed by atoms with van der Waals surface area (Å²) in [6, 6.07) is 7.81. The number of benzene rings is 1. The lowest BCUT2D eigenvalue weighted by molar-refractivity contribution is -0.131.